The number of hydrogen-bond donors (Lipinski definition) is 1. The van der Waals surface area contributed by atoms with Crippen LogP contribution >= 0.6 is 12.6 Å². The Bertz CT molecular complexity index is 329. The highest BCUT2D eigenvalue weighted by atomic mass is 32.1. The van der Waals surface area contributed by atoms with Gasteiger partial charge in [-0.3, -0.25) is 4.79 Å². The minimum absolute atomic E-state index is 0.364. The maximum Gasteiger partial charge on any atom is 0.140 e. The van der Waals surface area contributed by atoms with E-state index in [9.17, 15) is 4.79 Å². The summed E-state index contributed by atoms with van der Waals surface area (Å²) in [4.78, 5) is 12.4. The summed E-state index contributed by atoms with van der Waals surface area (Å²) in [7, 11) is 0. The zero-order valence-electron chi connectivity index (χ0n) is 7.36. The minimum Gasteiger partial charge on any atom is -0.299 e. The van der Waals surface area contributed by atoms with Gasteiger partial charge in [0.1, 0.15) is 5.78 Å². The molecule has 0 bridgehead atoms. The molecule has 1 aliphatic rings. The summed E-state index contributed by atoms with van der Waals surface area (Å²) in [5.74, 6) is 0.752. The van der Waals surface area contributed by atoms with Crippen molar-refractivity contribution in [2.24, 2.45) is 5.92 Å². The molecular formula is C11H12OS. The minimum atomic E-state index is 0.364. The number of benzene rings is 1. The molecular weight excluding hydrogens is 180 g/mol. The van der Waals surface area contributed by atoms with Gasteiger partial charge in [-0.05, 0) is 30.5 Å². The summed E-state index contributed by atoms with van der Waals surface area (Å²) < 4.78 is 0. The maximum atomic E-state index is 11.5. The number of carbonyl (C=O) groups is 1. The molecule has 1 aromatic rings. The van der Waals surface area contributed by atoms with E-state index in [0.717, 1.165) is 23.3 Å². The van der Waals surface area contributed by atoms with Crippen LogP contribution in [0.3, 0.4) is 0 Å². The van der Waals surface area contributed by atoms with Crippen molar-refractivity contribution < 1.29 is 4.79 Å². The van der Waals surface area contributed by atoms with Gasteiger partial charge in [-0.2, -0.15) is 0 Å². The van der Waals surface area contributed by atoms with E-state index >= 15 is 0 Å². The van der Waals surface area contributed by atoms with Crippen LogP contribution in [0.4, 0.5) is 0 Å². The van der Waals surface area contributed by atoms with Crippen LogP contribution in [0.1, 0.15) is 18.4 Å². The van der Waals surface area contributed by atoms with E-state index in [-0.39, 0.29) is 0 Å². The Kier molecular flexibility index (Phi) is 2.40. The molecule has 13 heavy (non-hydrogen) atoms. The first-order chi connectivity index (χ1) is 6.25. The smallest absolute Gasteiger partial charge is 0.140 e. The van der Waals surface area contributed by atoms with Crippen molar-refractivity contribution >= 4 is 18.4 Å². The van der Waals surface area contributed by atoms with Crippen molar-refractivity contribution in [3.63, 3.8) is 0 Å². The third-order valence-electron chi connectivity index (χ3n) is 2.32. The molecule has 68 valence electrons. The molecule has 0 radical (unpaired) electrons. The van der Waals surface area contributed by atoms with Gasteiger partial charge in [0, 0.05) is 17.2 Å². The Morgan fingerprint density at radius 2 is 2.23 bits per heavy atom. The lowest BCUT2D eigenvalue weighted by Crippen LogP contribution is -2.04. The van der Waals surface area contributed by atoms with Crippen LogP contribution in [0, 0.1) is 5.92 Å². The van der Waals surface area contributed by atoms with E-state index in [0.29, 0.717) is 18.1 Å². The SMILES string of the molecule is O=C(Cc1cccc(S)c1)C1CC1. The average molecular weight is 192 g/mol. The van der Waals surface area contributed by atoms with Gasteiger partial charge in [-0.25, -0.2) is 0 Å². The monoisotopic (exact) mass is 192 g/mol. The second-order valence-electron chi connectivity index (χ2n) is 3.59. The Balaban J connectivity index is 2.04. The number of Topliss-reactive ketones (excluding diaryl/α,β-unsaturated/α-hetero) is 1. The van der Waals surface area contributed by atoms with Crippen LogP contribution in [0.25, 0.3) is 0 Å². The third kappa shape index (κ3) is 2.34. The van der Waals surface area contributed by atoms with Gasteiger partial charge in [0.15, 0.2) is 0 Å². The molecule has 0 atom stereocenters. The van der Waals surface area contributed by atoms with Crippen LogP contribution in [-0.2, 0) is 11.2 Å². The van der Waals surface area contributed by atoms with E-state index in [1.54, 1.807) is 0 Å². The van der Waals surface area contributed by atoms with Gasteiger partial charge in [0.05, 0.1) is 0 Å². The molecule has 0 N–H and O–H groups in total. The van der Waals surface area contributed by atoms with Crippen LogP contribution in [0.5, 0.6) is 0 Å². The van der Waals surface area contributed by atoms with Crippen molar-refractivity contribution in [3.05, 3.63) is 29.8 Å². The van der Waals surface area contributed by atoms with E-state index in [1.165, 1.54) is 0 Å². The Morgan fingerprint density at radius 1 is 1.46 bits per heavy atom. The summed E-state index contributed by atoms with van der Waals surface area (Å²) in [6.45, 7) is 0. The van der Waals surface area contributed by atoms with Crippen LogP contribution in [0.15, 0.2) is 29.2 Å². The number of thiol groups is 1. The highest BCUT2D eigenvalue weighted by molar-refractivity contribution is 7.80. The predicted molar refractivity (Wildman–Crippen MR) is 55.1 cm³/mol. The van der Waals surface area contributed by atoms with Crippen LogP contribution in [0.2, 0.25) is 0 Å². The number of ketones is 1. The quantitative estimate of drug-likeness (QED) is 0.728. The fraction of sp³-hybridized carbons (Fsp3) is 0.364. The topological polar surface area (TPSA) is 17.1 Å². The van der Waals surface area contributed by atoms with E-state index < -0.39 is 0 Å². The van der Waals surface area contributed by atoms with Gasteiger partial charge in [0.25, 0.3) is 0 Å². The van der Waals surface area contributed by atoms with Gasteiger partial charge >= 0.3 is 0 Å². The third-order valence-corrected chi connectivity index (χ3v) is 2.60. The first-order valence-electron chi connectivity index (χ1n) is 4.56. The lowest BCUT2D eigenvalue weighted by atomic mass is 10.1. The van der Waals surface area contributed by atoms with Gasteiger partial charge < -0.3 is 0 Å². The highest BCUT2D eigenvalue weighted by Crippen LogP contribution is 2.31. The van der Waals surface area contributed by atoms with Crippen molar-refractivity contribution in [2.45, 2.75) is 24.2 Å². The average Bonchev–Trinajstić information content (AvgIpc) is 2.85. The second kappa shape index (κ2) is 3.54. The largest absolute Gasteiger partial charge is 0.299 e. The van der Waals surface area contributed by atoms with Crippen LogP contribution in [-0.4, -0.2) is 5.78 Å². The predicted octanol–water partition coefficient (Wildman–Crippen LogP) is 2.50. The molecule has 1 aromatic carbocycles. The van der Waals surface area contributed by atoms with E-state index in [1.807, 2.05) is 24.3 Å². The molecule has 0 aliphatic heterocycles. The summed E-state index contributed by atoms with van der Waals surface area (Å²) in [5, 5.41) is 0. The summed E-state index contributed by atoms with van der Waals surface area (Å²) in [5.41, 5.74) is 1.09. The van der Waals surface area contributed by atoms with Gasteiger partial charge in [-0.15, -0.1) is 12.6 Å². The Morgan fingerprint density at radius 3 is 2.85 bits per heavy atom. The molecule has 0 saturated heterocycles. The van der Waals surface area contributed by atoms with Gasteiger partial charge in [0.2, 0.25) is 0 Å². The molecule has 0 unspecified atom stereocenters. The van der Waals surface area contributed by atoms with Crippen molar-refractivity contribution in [2.75, 3.05) is 0 Å². The van der Waals surface area contributed by atoms with Crippen LogP contribution < -0.4 is 0 Å². The zero-order chi connectivity index (χ0) is 9.26. The molecule has 0 spiro atoms. The summed E-state index contributed by atoms with van der Waals surface area (Å²) in [6, 6.07) is 7.81. The molecule has 1 aliphatic carbocycles. The molecule has 0 aromatic heterocycles. The zero-order valence-corrected chi connectivity index (χ0v) is 8.26. The van der Waals surface area contributed by atoms with E-state index in [2.05, 4.69) is 12.6 Å². The lowest BCUT2D eigenvalue weighted by molar-refractivity contribution is -0.119. The Hall–Kier alpha value is -0.760. The second-order valence-corrected chi connectivity index (χ2v) is 4.10. The summed E-state index contributed by atoms with van der Waals surface area (Å²) in [6.07, 6.45) is 2.78. The van der Waals surface area contributed by atoms with E-state index in [4.69, 9.17) is 0 Å². The normalized spacial score (nSPS) is 15.8. The van der Waals surface area contributed by atoms with Gasteiger partial charge in [-0.1, -0.05) is 12.1 Å². The molecule has 1 saturated carbocycles. The number of hydrogen-bond acceptors (Lipinski definition) is 2. The fourth-order valence-electron chi connectivity index (χ4n) is 1.42. The van der Waals surface area contributed by atoms with Crippen molar-refractivity contribution in [1.82, 2.24) is 0 Å². The molecule has 2 heteroatoms. The molecule has 0 amide bonds. The molecule has 1 fully saturated rings. The number of rotatable bonds is 3. The molecule has 0 heterocycles. The molecule has 1 nitrogen and oxygen atoms in total. The Labute approximate surface area is 83.6 Å². The summed E-state index contributed by atoms with van der Waals surface area (Å²) >= 11 is 4.23. The maximum absolute atomic E-state index is 11.5. The fourth-order valence-corrected chi connectivity index (χ4v) is 1.67. The van der Waals surface area contributed by atoms with Crippen molar-refractivity contribution in [1.29, 1.82) is 0 Å². The number of carbonyl (C=O) groups excluding carboxylic acids is 1. The van der Waals surface area contributed by atoms with Crippen molar-refractivity contribution in [3.8, 4) is 0 Å². The standard InChI is InChI=1S/C11H12OS/c12-11(9-4-5-9)7-8-2-1-3-10(13)6-8/h1-3,6,9,13H,4-5,7H2. The molecule has 2 rings (SSSR count). The highest BCUT2D eigenvalue weighted by Gasteiger charge is 2.28. The first kappa shape index (κ1) is 8.82. The first-order valence-corrected chi connectivity index (χ1v) is 5.01. The lowest BCUT2D eigenvalue weighted by Gasteiger charge is -2.00.